The summed E-state index contributed by atoms with van der Waals surface area (Å²) < 4.78 is 11.6. The van der Waals surface area contributed by atoms with E-state index < -0.39 is 0 Å². The lowest BCUT2D eigenvalue weighted by Crippen LogP contribution is -2.03. The molecule has 0 saturated heterocycles. The highest BCUT2D eigenvalue weighted by Gasteiger charge is 2.08. The molecular weight excluding hydrogens is 410 g/mol. The fourth-order valence-corrected chi connectivity index (χ4v) is 3.37. The number of hydrogen-bond donors (Lipinski definition) is 1. The summed E-state index contributed by atoms with van der Waals surface area (Å²) >= 11 is 0. The lowest BCUT2D eigenvalue weighted by atomic mass is 10.0. The molecule has 0 spiro atoms. The van der Waals surface area contributed by atoms with Crippen LogP contribution in [-0.4, -0.2) is 19.0 Å². The van der Waals surface area contributed by atoms with E-state index in [0.717, 1.165) is 35.7 Å². The van der Waals surface area contributed by atoms with Crippen molar-refractivity contribution in [2.75, 3.05) is 18.5 Å². The van der Waals surface area contributed by atoms with Gasteiger partial charge in [0.25, 0.3) is 0 Å². The SMILES string of the molecule is O=C(c1ccccc1)c1ccc(OCCCCOc2ccc(Nc3ccccc3)cc2)cc1. The van der Waals surface area contributed by atoms with Crippen molar-refractivity contribution in [3.05, 3.63) is 120 Å². The Balaban J connectivity index is 1.13. The van der Waals surface area contributed by atoms with Crippen LogP contribution in [0.1, 0.15) is 28.8 Å². The summed E-state index contributed by atoms with van der Waals surface area (Å²) in [5.74, 6) is 1.64. The van der Waals surface area contributed by atoms with E-state index in [1.54, 1.807) is 0 Å². The largest absolute Gasteiger partial charge is 0.494 e. The van der Waals surface area contributed by atoms with Gasteiger partial charge in [-0.3, -0.25) is 4.79 Å². The van der Waals surface area contributed by atoms with Gasteiger partial charge in [-0.25, -0.2) is 0 Å². The molecule has 0 aliphatic carbocycles. The Bertz CT molecular complexity index is 1130. The van der Waals surface area contributed by atoms with E-state index in [0.29, 0.717) is 24.3 Å². The number of rotatable bonds is 11. The number of nitrogens with one attached hydrogen (secondary N) is 1. The van der Waals surface area contributed by atoms with Gasteiger partial charge in [0.05, 0.1) is 13.2 Å². The smallest absolute Gasteiger partial charge is 0.193 e. The van der Waals surface area contributed by atoms with Crippen molar-refractivity contribution in [3.63, 3.8) is 0 Å². The number of para-hydroxylation sites is 1. The fourth-order valence-electron chi connectivity index (χ4n) is 3.37. The molecular formula is C29H27NO3. The third kappa shape index (κ3) is 6.71. The van der Waals surface area contributed by atoms with Gasteiger partial charge in [0.15, 0.2) is 5.78 Å². The van der Waals surface area contributed by atoms with Gasteiger partial charge >= 0.3 is 0 Å². The number of hydrogen-bond acceptors (Lipinski definition) is 4. The summed E-state index contributed by atoms with van der Waals surface area (Å²) in [7, 11) is 0. The summed E-state index contributed by atoms with van der Waals surface area (Å²) in [6, 6.07) is 34.6. The molecule has 4 heteroatoms. The van der Waals surface area contributed by atoms with Crippen LogP contribution in [0, 0.1) is 0 Å². The maximum Gasteiger partial charge on any atom is 0.193 e. The van der Waals surface area contributed by atoms with Gasteiger partial charge in [-0.1, -0.05) is 48.5 Å². The van der Waals surface area contributed by atoms with Crippen molar-refractivity contribution in [2.45, 2.75) is 12.8 Å². The molecule has 33 heavy (non-hydrogen) atoms. The van der Waals surface area contributed by atoms with Crippen LogP contribution in [0.3, 0.4) is 0 Å². The minimum atomic E-state index is 0.0168. The number of ketones is 1. The summed E-state index contributed by atoms with van der Waals surface area (Å²) in [6.07, 6.45) is 1.78. The number of carbonyl (C=O) groups is 1. The third-order valence-corrected chi connectivity index (χ3v) is 5.15. The standard InChI is InChI=1S/C29H27NO3/c31-29(23-9-3-1-4-10-23)24-13-17-27(18-14-24)32-21-7-8-22-33-28-19-15-26(16-20-28)30-25-11-5-2-6-12-25/h1-6,9-20,30H,7-8,21-22H2. The van der Waals surface area contributed by atoms with Gasteiger partial charge < -0.3 is 14.8 Å². The van der Waals surface area contributed by atoms with Crippen LogP contribution in [0.2, 0.25) is 0 Å². The Hall–Kier alpha value is -4.05. The van der Waals surface area contributed by atoms with E-state index in [9.17, 15) is 4.79 Å². The molecule has 0 saturated carbocycles. The van der Waals surface area contributed by atoms with Gasteiger partial charge in [0, 0.05) is 22.5 Å². The van der Waals surface area contributed by atoms with Crippen LogP contribution in [0.5, 0.6) is 11.5 Å². The van der Waals surface area contributed by atoms with Crippen molar-refractivity contribution in [1.82, 2.24) is 0 Å². The molecule has 4 nitrogen and oxygen atoms in total. The average Bonchev–Trinajstić information content (AvgIpc) is 2.88. The van der Waals surface area contributed by atoms with E-state index in [-0.39, 0.29) is 5.78 Å². The zero-order valence-corrected chi connectivity index (χ0v) is 18.4. The molecule has 0 atom stereocenters. The Morgan fingerprint density at radius 3 is 1.58 bits per heavy atom. The highest BCUT2D eigenvalue weighted by molar-refractivity contribution is 6.08. The molecule has 0 aliphatic heterocycles. The minimum Gasteiger partial charge on any atom is -0.494 e. The van der Waals surface area contributed by atoms with Crippen molar-refractivity contribution >= 4 is 17.2 Å². The van der Waals surface area contributed by atoms with E-state index in [4.69, 9.17) is 9.47 Å². The molecule has 0 radical (unpaired) electrons. The zero-order chi connectivity index (χ0) is 22.7. The van der Waals surface area contributed by atoms with E-state index in [1.807, 2.05) is 109 Å². The maximum atomic E-state index is 12.4. The first-order valence-corrected chi connectivity index (χ1v) is 11.2. The minimum absolute atomic E-state index is 0.0168. The summed E-state index contributed by atoms with van der Waals surface area (Å²) in [5.41, 5.74) is 3.43. The van der Waals surface area contributed by atoms with E-state index >= 15 is 0 Å². The highest BCUT2D eigenvalue weighted by Crippen LogP contribution is 2.20. The molecule has 0 bridgehead atoms. The van der Waals surface area contributed by atoms with Crippen molar-refractivity contribution in [1.29, 1.82) is 0 Å². The molecule has 0 aromatic heterocycles. The number of unbranched alkanes of at least 4 members (excludes halogenated alkanes) is 1. The molecule has 166 valence electrons. The number of carbonyl (C=O) groups excluding carboxylic acids is 1. The van der Waals surface area contributed by atoms with Crippen LogP contribution in [0.25, 0.3) is 0 Å². The highest BCUT2D eigenvalue weighted by atomic mass is 16.5. The Morgan fingerprint density at radius 1 is 0.545 bits per heavy atom. The van der Waals surface area contributed by atoms with Crippen LogP contribution in [-0.2, 0) is 0 Å². The van der Waals surface area contributed by atoms with Gasteiger partial charge in [-0.2, -0.15) is 0 Å². The van der Waals surface area contributed by atoms with Crippen molar-refractivity contribution < 1.29 is 14.3 Å². The predicted octanol–water partition coefficient (Wildman–Crippen LogP) is 6.90. The number of benzene rings is 4. The summed E-state index contributed by atoms with van der Waals surface area (Å²) in [4.78, 5) is 12.4. The Morgan fingerprint density at radius 2 is 1.00 bits per heavy atom. The quantitative estimate of drug-likeness (QED) is 0.205. The second kappa shape index (κ2) is 11.5. The molecule has 0 heterocycles. The normalized spacial score (nSPS) is 10.4. The van der Waals surface area contributed by atoms with Crippen molar-refractivity contribution in [2.24, 2.45) is 0 Å². The first-order chi connectivity index (χ1) is 16.3. The molecule has 0 unspecified atom stereocenters. The lowest BCUT2D eigenvalue weighted by Gasteiger charge is -2.10. The summed E-state index contributed by atoms with van der Waals surface area (Å²) in [5, 5.41) is 3.36. The Kier molecular flexibility index (Phi) is 7.74. The zero-order valence-electron chi connectivity index (χ0n) is 18.4. The monoisotopic (exact) mass is 437 g/mol. The predicted molar refractivity (Wildman–Crippen MR) is 133 cm³/mol. The van der Waals surface area contributed by atoms with Crippen LogP contribution >= 0.6 is 0 Å². The number of anilines is 2. The van der Waals surface area contributed by atoms with Crippen LogP contribution in [0.4, 0.5) is 11.4 Å². The van der Waals surface area contributed by atoms with Gasteiger partial charge in [0.1, 0.15) is 11.5 Å². The lowest BCUT2D eigenvalue weighted by molar-refractivity contribution is 0.103. The first kappa shape index (κ1) is 22.2. The first-order valence-electron chi connectivity index (χ1n) is 11.2. The van der Waals surface area contributed by atoms with Gasteiger partial charge in [-0.15, -0.1) is 0 Å². The Labute approximate surface area is 194 Å². The molecule has 0 fully saturated rings. The maximum absolute atomic E-state index is 12.4. The second-order valence-corrected chi connectivity index (χ2v) is 7.64. The molecule has 4 aromatic rings. The molecule has 4 aromatic carbocycles. The van der Waals surface area contributed by atoms with E-state index in [2.05, 4.69) is 5.32 Å². The molecule has 0 aliphatic rings. The summed E-state index contributed by atoms with van der Waals surface area (Å²) in [6.45, 7) is 1.24. The topological polar surface area (TPSA) is 47.6 Å². The molecule has 1 N–H and O–H groups in total. The fraction of sp³-hybridized carbons (Fsp3) is 0.138. The van der Waals surface area contributed by atoms with Crippen LogP contribution in [0.15, 0.2) is 109 Å². The van der Waals surface area contributed by atoms with Gasteiger partial charge in [-0.05, 0) is 73.5 Å². The van der Waals surface area contributed by atoms with Crippen molar-refractivity contribution in [3.8, 4) is 11.5 Å². The second-order valence-electron chi connectivity index (χ2n) is 7.64. The third-order valence-electron chi connectivity index (χ3n) is 5.15. The number of ether oxygens (including phenoxy) is 2. The molecule has 0 amide bonds. The average molecular weight is 438 g/mol. The molecule has 4 rings (SSSR count). The van der Waals surface area contributed by atoms with E-state index in [1.165, 1.54) is 0 Å². The van der Waals surface area contributed by atoms with Crippen LogP contribution < -0.4 is 14.8 Å². The van der Waals surface area contributed by atoms with Gasteiger partial charge in [0.2, 0.25) is 0 Å².